The summed E-state index contributed by atoms with van der Waals surface area (Å²) in [7, 11) is 0. The molecule has 58 heavy (non-hydrogen) atoms. The van der Waals surface area contributed by atoms with Gasteiger partial charge in [-0.1, -0.05) is 58.0 Å². The summed E-state index contributed by atoms with van der Waals surface area (Å²) in [5.74, 6) is 0.947. The van der Waals surface area contributed by atoms with E-state index in [0.717, 1.165) is 45.8 Å². The number of carbonyl (C=O) groups excluding carboxylic acids is 4. The fourth-order valence-corrected chi connectivity index (χ4v) is 6.30. The Bertz CT molecular complexity index is 1680. The van der Waals surface area contributed by atoms with Gasteiger partial charge in [0, 0.05) is 43.7 Å². The zero-order chi connectivity index (χ0) is 42.9. The molecule has 5 rings (SSSR count). The number of hydrogen-bond donors (Lipinski definition) is 3. The van der Waals surface area contributed by atoms with Crippen LogP contribution in [0, 0.1) is 12.8 Å². The Balaban J connectivity index is 0.000000387. The number of thiazole rings is 1. The molecule has 1 fully saturated rings. The highest BCUT2D eigenvalue weighted by molar-refractivity contribution is 7.13. The number of esters is 1. The van der Waals surface area contributed by atoms with Crippen molar-refractivity contribution in [2.24, 2.45) is 5.92 Å². The van der Waals surface area contributed by atoms with Gasteiger partial charge in [-0.15, -0.1) is 11.3 Å². The summed E-state index contributed by atoms with van der Waals surface area (Å²) in [5, 5.41) is 14.6. The number of amides is 3. The average molecular weight is 829 g/mol. The molecule has 3 heterocycles. The van der Waals surface area contributed by atoms with E-state index in [1.165, 1.54) is 0 Å². The van der Waals surface area contributed by atoms with Crippen molar-refractivity contribution in [2.75, 3.05) is 59.3 Å². The number of likely N-dealkylation sites (tertiary alicyclic amines) is 1. The highest BCUT2D eigenvalue weighted by atomic mass is 32.1. The van der Waals surface area contributed by atoms with Crippen molar-refractivity contribution in [3.63, 3.8) is 0 Å². The molecule has 2 aliphatic rings. The van der Waals surface area contributed by atoms with Crippen LogP contribution in [0.5, 0.6) is 5.75 Å². The van der Waals surface area contributed by atoms with Gasteiger partial charge in [0.05, 0.1) is 55.2 Å². The number of hydrogen-bond acceptors (Lipinski definition) is 12. The molecule has 0 aliphatic carbocycles. The normalized spacial score (nSPS) is 14.1. The number of fused-ring (bicyclic) bond motifs is 1. The van der Waals surface area contributed by atoms with Crippen LogP contribution in [0.25, 0.3) is 10.4 Å². The fourth-order valence-electron chi connectivity index (χ4n) is 5.50. The van der Waals surface area contributed by atoms with Gasteiger partial charge >= 0.3 is 5.97 Å². The Morgan fingerprint density at radius 2 is 1.71 bits per heavy atom. The first-order valence-corrected chi connectivity index (χ1v) is 20.8. The summed E-state index contributed by atoms with van der Waals surface area (Å²) in [6.07, 6.45) is 1.72. The van der Waals surface area contributed by atoms with Crippen LogP contribution in [0.2, 0.25) is 0 Å². The average Bonchev–Trinajstić information content (AvgIpc) is 3.93. The van der Waals surface area contributed by atoms with Gasteiger partial charge in [0.1, 0.15) is 24.6 Å². The first-order valence-electron chi connectivity index (χ1n) is 19.9. The molecule has 1 unspecified atom stereocenters. The monoisotopic (exact) mass is 828 g/mol. The molecular formula is C43H64N4O10S. The highest BCUT2D eigenvalue weighted by Crippen LogP contribution is 2.32. The number of nitrogens with one attached hydrogen (secondary N) is 2. The minimum absolute atomic E-state index is 0.0515. The standard InChI is InChI=1S/C24H34N2O7S.C9H17NO2.C8H7NO.C2H6/c1-18-23(34-17-26-18)19-5-6-20(14-25-16-27)21(13-19)32-12-11-30-8-7-29-9-10-31-15-22(28)33-24(2,3)4;1-7(2)5-9(12)10-4-3-8(11)6-10;10-8-7-4-2-1-3-6(7)5-9-8;1-2/h5-6,13,16-17H,7-12,14-15H2,1-4H3,(H,25,27);7-8,11H,3-6H2,1-2H3;1-4H,5H2,(H,9,10);1-2H3. The van der Waals surface area contributed by atoms with Crippen molar-refractivity contribution < 1.29 is 48.0 Å². The van der Waals surface area contributed by atoms with Crippen molar-refractivity contribution in [3.05, 3.63) is 70.4 Å². The van der Waals surface area contributed by atoms with Crippen molar-refractivity contribution in [1.29, 1.82) is 0 Å². The molecule has 1 aromatic heterocycles. The summed E-state index contributed by atoms with van der Waals surface area (Å²) in [6.45, 7) is 19.9. The molecule has 1 saturated heterocycles. The molecule has 0 radical (unpaired) electrons. The van der Waals surface area contributed by atoms with Crippen LogP contribution in [0.1, 0.15) is 88.5 Å². The fraction of sp³-hybridized carbons (Fsp3) is 0.558. The lowest BCUT2D eigenvalue weighted by atomic mass is 10.1. The number of β-amino-alcohol motifs (C(OH)–C–C–N with tert-alkyl or cyclic N) is 1. The molecular weight excluding hydrogens is 765 g/mol. The zero-order valence-electron chi connectivity index (χ0n) is 35.5. The minimum atomic E-state index is -0.518. The SMILES string of the molecule is CC.CC(C)CC(=O)N1CCC(O)C1.Cc1ncsc1-c1ccc(CNC=O)c(OCCOCCOCCOCC(=O)OC(C)(C)C)c1.O=C1NCc2ccccc21. The van der Waals surface area contributed by atoms with Crippen LogP contribution < -0.4 is 15.4 Å². The summed E-state index contributed by atoms with van der Waals surface area (Å²) in [5.41, 5.74) is 6.09. The van der Waals surface area contributed by atoms with Crippen molar-refractivity contribution in [3.8, 4) is 16.2 Å². The van der Waals surface area contributed by atoms with Crippen molar-refractivity contribution in [1.82, 2.24) is 20.5 Å². The van der Waals surface area contributed by atoms with Crippen LogP contribution in [-0.2, 0) is 46.4 Å². The molecule has 2 aromatic carbocycles. The van der Waals surface area contributed by atoms with Crippen molar-refractivity contribution in [2.45, 2.75) is 93.0 Å². The van der Waals surface area contributed by atoms with Gasteiger partial charge in [0.2, 0.25) is 12.3 Å². The Labute approximate surface area is 347 Å². The third-order valence-corrected chi connectivity index (χ3v) is 9.10. The Hall–Kier alpha value is -4.41. The van der Waals surface area contributed by atoms with E-state index in [1.807, 2.05) is 103 Å². The third-order valence-electron chi connectivity index (χ3n) is 8.12. The number of carbonyl (C=O) groups is 4. The smallest absolute Gasteiger partial charge is 0.332 e. The third kappa shape index (κ3) is 19.4. The molecule has 2 aliphatic heterocycles. The maximum Gasteiger partial charge on any atom is 0.332 e. The van der Waals surface area contributed by atoms with Gasteiger partial charge in [0.25, 0.3) is 5.91 Å². The number of nitrogens with zero attached hydrogens (tertiary/aromatic N) is 2. The number of rotatable bonds is 18. The Morgan fingerprint density at radius 1 is 1.03 bits per heavy atom. The largest absolute Gasteiger partial charge is 0.491 e. The van der Waals surface area contributed by atoms with Gasteiger partial charge in [-0.05, 0) is 63.3 Å². The number of benzene rings is 2. The maximum atomic E-state index is 11.5. The van der Waals surface area contributed by atoms with Gasteiger partial charge in [-0.2, -0.15) is 0 Å². The van der Waals surface area contributed by atoms with E-state index in [-0.39, 0.29) is 24.5 Å². The summed E-state index contributed by atoms with van der Waals surface area (Å²) in [4.78, 5) is 51.7. The molecule has 1 atom stereocenters. The second kappa shape index (κ2) is 27.3. The lowest BCUT2D eigenvalue weighted by Gasteiger charge is -2.19. The van der Waals surface area contributed by atoms with Gasteiger partial charge in [0.15, 0.2) is 0 Å². The van der Waals surface area contributed by atoms with E-state index in [9.17, 15) is 24.3 Å². The molecule has 3 amide bonds. The van der Waals surface area contributed by atoms with Gasteiger partial charge in [-0.25, -0.2) is 9.78 Å². The number of aromatic nitrogens is 1. The Kier molecular flexibility index (Phi) is 23.4. The van der Waals surface area contributed by atoms with Crippen molar-refractivity contribution >= 4 is 35.5 Å². The lowest BCUT2D eigenvalue weighted by Crippen LogP contribution is -2.30. The van der Waals surface area contributed by atoms with Crippen LogP contribution in [0.4, 0.5) is 0 Å². The predicted octanol–water partition coefficient (Wildman–Crippen LogP) is 5.72. The molecule has 0 saturated carbocycles. The number of aryl methyl sites for hydroxylation is 1. The van der Waals surface area contributed by atoms with E-state index in [4.69, 9.17) is 23.7 Å². The van der Waals surface area contributed by atoms with Crippen LogP contribution >= 0.6 is 11.3 Å². The molecule has 0 spiro atoms. The molecule has 15 heteroatoms. The summed E-state index contributed by atoms with van der Waals surface area (Å²) < 4.78 is 27.3. The summed E-state index contributed by atoms with van der Waals surface area (Å²) in [6, 6.07) is 13.5. The maximum absolute atomic E-state index is 11.5. The molecule has 14 nitrogen and oxygen atoms in total. The highest BCUT2D eigenvalue weighted by Gasteiger charge is 2.24. The number of aliphatic hydroxyl groups excluding tert-OH is 1. The second-order valence-electron chi connectivity index (χ2n) is 14.5. The quantitative estimate of drug-likeness (QED) is 0.0814. The van der Waals surface area contributed by atoms with E-state index in [0.29, 0.717) is 83.8 Å². The lowest BCUT2D eigenvalue weighted by molar-refractivity contribution is -0.160. The van der Waals surface area contributed by atoms with Gasteiger partial charge < -0.3 is 44.3 Å². The first kappa shape index (κ1) is 49.7. The molecule has 322 valence electrons. The zero-order valence-corrected chi connectivity index (χ0v) is 36.3. The number of ether oxygens (including phenoxy) is 5. The van der Waals surface area contributed by atoms with E-state index in [2.05, 4.69) is 15.6 Å². The van der Waals surface area contributed by atoms with Crippen LogP contribution in [-0.4, -0.2) is 110 Å². The topological polar surface area (TPSA) is 175 Å². The second-order valence-corrected chi connectivity index (χ2v) is 15.4. The van der Waals surface area contributed by atoms with E-state index < -0.39 is 11.6 Å². The van der Waals surface area contributed by atoms with Crippen LogP contribution in [0.3, 0.4) is 0 Å². The first-order chi connectivity index (χ1) is 27.8. The summed E-state index contributed by atoms with van der Waals surface area (Å²) >= 11 is 1.57. The van der Waals surface area contributed by atoms with E-state index >= 15 is 0 Å². The van der Waals surface area contributed by atoms with Gasteiger partial charge in [-0.3, -0.25) is 14.4 Å². The van der Waals surface area contributed by atoms with E-state index in [1.54, 1.807) is 16.2 Å². The van der Waals surface area contributed by atoms with Crippen LogP contribution in [0.15, 0.2) is 48.0 Å². The Morgan fingerprint density at radius 3 is 2.29 bits per heavy atom. The predicted molar refractivity (Wildman–Crippen MR) is 225 cm³/mol. The molecule has 0 bridgehead atoms. The molecule has 3 N–H and O–H groups in total. The molecule has 3 aromatic rings. The number of aliphatic hydroxyl groups is 1. The minimum Gasteiger partial charge on any atom is -0.491 e.